The van der Waals surface area contributed by atoms with Crippen LogP contribution in [0.4, 0.5) is 0 Å². The highest BCUT2D eigenvalue weighted by molar-refractivity contribution is 6.17. The van der Waals surface area contributed by atoms with Gasteiger partial charge in [-0.3, -0.25) is 0 Å². The fourth-order valence-corrected chi connectivity index (χ4v) is 1.78. The monoisotopic (exact) mass is 251 g/mol. The van der Waals surface area contributed by atoms with Crippen LogP contribution in [-0.2, 0) is 17.0 Å². The van der Waals surface area contributed by atoms with Crippen molar-refractivity contribution in [2.75, 3.05) is 6.61 Å². The van der Waals surface area contributed by atoms with Gasteiger partial charge in [-0.1, -0.05) is 13.0 Å². The van der Waals surface area contributed by atoms with Crippen LogP contribution in [0.1, 0.15) is 40.9 Å². The topological polar surface area (TPSA) is 50.1 Å². The van der Waals surface area contributed by atoms with Crippen molar-refractivity contribution in [1.29, 1.82) is 5.26 Å². The van der Waals surface area contributed by atoms with E-state index in [4.69, 9.17) is 21.6 Å². The lowest BCUT2D eigenvalue weighted by molar-refractivity contribution is 0.0526. The van der Waals surface area contributed by atoms with Crippen LogP contribution in [0.2, 0.25) is 0 Å². The van der Waals surface area contributed by atoms with Gasteiger partial charge < -0.3 is 4.74 Å². The van der Waals surface area contributed by atoms with Crippen LogP contribution in [0.3, 0.4) is 0 Å². The molecule has 0 unspecified atom stereocenters. The molecule has 0 radical (unpaired) electrons. The predicted octanol–water partition coefficient (Wildman–Crippen LogP) is 3.04. The van der Waals surface area contributed by atoms with Crippen LogP contribution in [-0.4, -0.2) is 12.6 Å². The largest absolute Gasteiger partial charge is 0.462 e. The van der Waals surface area contributed by atoms with Gasteiger partial charge in [-0.05, 0) is 30.5 Å². The van der Waals surface area contributed by atoms with Gasteiger partial charge in [-0.15, -0.1) is 11.6 Å². The van der Waals surface area contributed by atoms with Gasteiger partial charge in [0.15, 0.2) is 0 Å². The summed E-state index contributed by atoms with van der Waals surface area (Å²) < 4.78 is 4.94. The van der Waals surface area contributed by atoms with Gasteiger partial charge in [0.25, 0.3) is 0 Å². The number of hydrogen-bond donors (Lipinski definition) is 0. The zero-order chi connectivity index (χ0) is 12.8. The SMILES string of the molecule is CCOC(=O)c1cc(CCl)cc(CC)c1C#N. The molecule has 90 valence electrons. The lowest BCUT2D eigenvalue weighted by Gasteiger charge is -2.09. The van der Waals surface area contributed by atoms with Crippen LogP contribution < -0.4 is 0 Å². The van der Waals surface area contributed by atoms with Gasteiger partial charge in [0.05, 0.1) is 17.7 Å². The zero-order valence-corrected chi connectivity index (χ0v) is 10.7. The van der Waals surface area contributed by atoms with Crippen LogP contribution in [0, 0.1) is 11.3 Å². The second-order valence-corrected chi connectivity index (χ2v) is 3.76. The van der Waals surface area contributed by atoms with E-state index in [0.29, 0.717) is 23.4 Å². The summed E-state index contributed by atoms with van der Waals surface area (Å²) in [4.78, 5) is 11.7. The van der Waals surface area contributed by atoms with E-state index in [-0.39, 0.29) is 6.61 Å². The van der Waals surface area contributed by atoms with E-state index in [1.165, 1.54) is 0 Å². The first-order chi connectivity index (χ1) is 8.17. The maximum atomic E-state index is 11.7. The molecule has 0 saturated heterocycles. The standard InChI is InChI=1S/C13H14ClNO2/c1-3-10-5-9(7-14)6-11(12(10)8-15)13(16)17-4-2/h5-6H,3-4,7H2,1-2H3. The van der Waals surface area contributed by atoms with Crippen molar-refractivity contribution in [1.82, 2.24) is 0 Å². The minimum absolute atomic E-state index is 0.288. The van der Waals surface area contributed by atoms with E-state index in [1.807, 2.05) is 13.0 Å². The number of nitrogens with zero attached hydrogens (tertiary/aromatic N) is 1. The van der Waals surface area contributed by atoms with Crippen molar-refractivity contribution in [2.24, 2.45) is 0 Å². The number of hydrogen-bond acceptors (Lipinski definition) is 3. The Morgan fingerprint density at radius 1 is 1.47 bits per heavy atom. The summed E-state index contributed by atoms with van der Waals surface area (Å²) in [5.41, 5.74) is 2.35. The number of alkyl halides is 1. The zero-order valence-electron chi connectivity index (χ0n) is 9.92. The molecule has 0 N–H and O–H groups in total. The summed E-state index contributed by atoms with van der Waals surface area (Å²) in [6.07, 6.45) is 0.681. The van der Waals surface area contributed by atoms with E-state index in [0.717, 1.165) is 11.1 Å². The Balaban J connectivity index is 3.35. The Bertz CT molecular complexity index is 463. The van der Waals surface area contributed by atoms with Gasteiger partial charge in [0, 0.05) is 5.88 Å². The first kappa shape index (κ1) is 13.5. The van der Waals surface area contributed by atoms with Crippen LogP contribution in [0.15, 0.2) is 12.1 Å². The predicted molar refractivity (Wildman–Crippen MR) is 66.0 cm³/mol. The smallest absolute Gasteiger partial charge is 0.339 e. The number of carbonyl (C=O) groups is 1. The Labute approximate surface area is 106 Å². The van der Waals surface area contributed by atoms with Gasteiger partial charge in [0.2, 0.25) is 0 Å². The lowest BCUT2D eigenvalue weighted by atomic mass is 9.97. The van der Waals surface area contributed by atoms with Crippen molar-refractivity contribution in [3.8, 4) is 6.07 Å². The van der Waals surface area contributed by atoms with Gasteiger partial charge in [0.1, 0.15) is 6.07 Å². The van der Waals surface area contributed by atoms with E-state index in [1.54, 1.807) is 13.0 Å². The van der Waals surface area contributed by atoms with Crippen LogP contribution >= 0.6 is 11.6 Å². The molecule has 0 aliphatic heterocycles. The van der Waals surface area contributed by atoms with Crippen molar-refractivity contribution in [2.45, 2.75) is 26.1 Å². The summed E-state index contributed by atoms with van der Waals surface area (Å²) in [7, 11) is 0. The number of aryl methyl sites for hydroxylation is 1. The van der Waals surface area contributed by atoms with Crippen LogP contribution in [0.5, 0.6) is 0 Å². The quantitative estimate of drug-likeness (QED) is 0.610. The molecule has 0 aliphatic carbocycles. The van der Waals surface area contributed by atoms with E-state index >= 15 is 0 Å². The summed E-state index contributed by atoms with van der Waals surface area (Å²) in [5, 5.41) is 9.12. The van der Waals surface area contributed by atoms with Crippen molar-refractivity contribution in [3.63, 3.8) is 0 Å². The summed E-state index contributed by atoms with van der Waals surface area (Å²) in [5.74, 6) is -0.156. The third kappa shape index (κ3) is 2.98. The minimum Gasteiger partial charge on any atom is -0.462 e. The summed E-state index contributed by atoms with van der Waals surface area (Å²) in [6.45, 7) is 3.95. The average Bonchev–Trinajstić information content (AvgIpc) is 2.37. The number of benzene rings is 1. The van der Waals surface area contributed by atoms with E-state index in [9.17, 15) is 4.79 Å². The Kier molecular flexibility index (Phi) is 4.99. The number of halogens is 1. The molecule has 1 aromatic rings. The average molecular weight is 252 g/mol. The van der Waals surface area contributed by atoms with Crippen molar-refractivity contribution >= 4 is 17.6 Å². The molecular weight excluding hydrogens is 238 g/mol. The highest BCUT2D eigenvalue weighted by Gasteiger charge is 2.16. The molecule has 0 heterocycles. The Hall–Kier alpha value is -1.53. The molecule has 17 heavy (non-hydrogen) atoms. The van der Waals surface area contributed by atoms with Gasteiger partial charge in [-0.25, -0.2) is 4.79 Å². The summed E-state index contributed by atoms with van der Waals surface area (Å²) in [6, 6.07) is 5.54. The first-order valence-corrected chi connectivity index (χ1v) is 6.00. The molecule has 0 saturated carbocycles. The normalized spacial score (nSPS) is 9.76. The lowest BCUT2D eigenvalue weighted by Crippen LogP contribution is -2.09. The third-order valence-electron chi connectivity index (χ3n) is 2.42. The maximum Gasteiger partial charge on any atom is 0.339 e. The highest BCUT2D eigenvalue weighted by Crippen LogP contribution is 2.20. The van der Waals surface area contributed by atoms with Gasteiger partial charge >= 0.3 is 5.97 Å². The highest BCUT2D eigenvalue weighted by atomic mass is 35.5. The van der Waals surface area contributed by atoms with Gasteiger partial charge in [-0.2, -0.15) is 5.26 Å². The van der Waals surface area contributed by atoms with Crippen molar-refractivity contribution in [3.05, 3.63) is 34.4 Å². The number of ether oxygens (including phenoxy) is 1. The molecule has 0 amide bonds. The fourth-order valence-electron chi connectivity index (χ4n) is 1.63. The van der Waals surface area contributed by atoms with E-state index < -0.39 is 5.97 Å². The second kappa shape index (κ2) is 6.27. The fraction of sp³-hybridized carbons (Fsp3) is 0.385. The number of carbonyl (C=O) groups excluding carboxylic acids is 1. The molecule has 1 aromatic carbocycles. The summed E-state index contributed by atoms with van der Waals surface area (Å²) >= 11 is 5.77. The number of esters is 1. The molecule has 0 fully saturated rings. The maximum absolute atomic E-state index is 11.7. The Morgan fingerprint density at radius 2 is 2.18 bits per heavy atom. The third-order valence-corrected chi connectivity index (χ3v) is 2.73. The molecule has 0 aromatic heterocycles. The number of nitriles is 1. The molecule has 1 rings (SSSR count). The molecule has 0 spiro atoms. The molecule has 0 bridgehead atoms. The number of rotatable bonds is 4. The first-order valence-electron chi connectivity index (χ1n) is 5.46. The van der Waals surface area contributed by atoms with E-state index in [2.05, 4.69) is 6.07 Å². The molecular formula is C13H14ClNO2. The molecule has 4 heteroatoms. The van der Waals surface area contributed by atoms with Crippen molar-refractivity contribution < 1.29 is 9.53 Å². The Morgan fingerprint density at radius 3 is 2.65 bits per heavy atom. The molecule has 3 nitrogen and oxygen atoms in total. The minimum atomic E-state index is -0.467. The molecule has 0 atom stereocenters. The second-order valence-electron chi connectivity index (χ2n) is 3.50. The van der Waals surface area contributed by atoms with Crippen LogP contribution in [0.25, 0.3) is 0 Å². The molecule has 0 aliphatic rings.